The second kappa shape index (κ2) is 13.5. The molecule has 8 heteroatoms. The summed E-state index contributed by atoms with van der Waals surface area (Å²) in [6.07, 6.45) is 3.09. The topological polar surface area (TPSA) is 91.8 Å². The quantitative estimate of drug-likeness (QED) is 0.269. The number of ether oxygens (including phenoxy) is 1. The Morgan fingerprint density at radius 3 is 2.41 bits per heavy atom. The van der Waals surface area contributed by atoms with Crippen molar-refractivity contribution in [3.8, 4) is 0 Å². The summed E-state index contributed by atoms with van der Waals surface area (Å²) >= 11 is 0. The first kappa shape index (κ1) is 23.4. The van der Waals surface area contributed by atoms with E-state index in [1.54, 1.807) is 24.3 Å². The Bertz CT molecular complexity index is 645. The fourth-order valence-corrected chi connectivity index (χ4v) is 3.25. The Labute approximate surface area is 164 Å². The predicted molar refractivity (Wildman–Crippen MR) is 111 cm³/mol. The summed E-state index contributed by atoms with van der Waals surface area (Å²) in [5.74, 6) is 0.681. The van der Waals surface area contributed by atoms with E-state index in [-0.39, 0.29) is 11.4 Å². The van der Waals surface area contributed by atoms with Gasteiger partial charge in [-0.05, 0) is 38.8 Å². The number of rotatable bonds is 13. The third-order valence-electron chi connectivity index (χ3n) is 3.74. The molecule has 0 fully saturated rings. The molecule has 3 N–H and O–H groups in total. The van der Waals surface area contributed by atoms with Crippen molar-refractivity contribution in [3.05, 3.63) is 29.8 Å². The zero-order chi connectivity index (χ0) is 20.0. The van der Waals surface area contributed by atoms with E-state index in [1.807, 2.05) is 13.8 Å². The number of hydrogen-bond acceptors (Lipinski definition) is 4. The van der Waals surface area contributed by atoms with Crippen molar-refractivity contribution in [2.75, 3.05) is 39.4 Å². The first-order valence-corrected chi connectivity index (χ1v) is 11.1. The molecule has 0 saturated carbocycles. The van der Waals surface area contributed by atoms with Crippen LogP contribution in [0.1, 0.15) is 38.7 Å². The average molecular weight is 399 g/mol. The van der Waals surface area contributed by atoms with E-state index >= 15 is 0 Å². The fraction of sp³-hybridized carbons (Fsp3) is 0.632. The van der Waals surface area contributed by atoms with Gasteiger partial charge in [-0.15, -0.1) is 0 Å². The molecule has 0 aliphatic rings. The van der Waals surface area contributed by atoms with Crippen LogP contribution >= 0.6 is 0 Å². The van der Waals surface area contributed by atoms with E-state index in [0.29, 0.717) is 25.7 Å². The molecule has 0 amide bonds. The minimum atomic E-state index is -3.49. The van der Waals surface area contributed by atoms with Gasteiger partial charge in [-0.25, -0.2) is 13.1 Å². The monoisotopic (exact) mass is 398 g/mol. The maximum Gasteiger partial charge on any atom is 0.240 e. The molecular weight excluding hydrogens is 364 g/mol. The van der Waals surface area contributed by atoms with Crippen molar-refractivity contribution < 1.29 is 13.2 Å². The zero-order valence-corrected chi connectivity index (χ0v) is 17.6. The van der Waals surface area contributed by atoms with Crippen molar-refractivity contribution in [1.29, 1.82) is 0 Å². The fourth-order valence-electron chi connectivity index (χ4n) is 2.21. The summed E-state index contributed by atoms with van der Waals surface area (Å²) in [6, 6.07) is 6.79. The first-order chi connectivity index (χ1) is 13.0. The summed E-state index contributed by atoms with van der Waals surface area (Å²) in [6.45, 7) is 9.70. The largest absolute Gasteiger partial charge is 0.381 e. The van der Waals surface area contributed by atoms with Crippen molar-refractivity contribution in [2.24, 2.45) is 4.99 Å². The summed E-state index contributed by atoms with van der Waals surface area (Å²) in [5, 5.41) is 6.29. The molecule has 0 aliphatic heterocycles. The van der Waals surface area contributed by atoms with E-state index in [1.165, 1.54) is 0 Å². The third-order valence-corrected chi connectivity index (χ3v) is 5.22. The van der Waals surface area contributed by atoms with Gasteiger partial charge < -0.3 is 15.4 Å². The smallest absolute Gasteiger partial charge is 0.240 e. The molecule has 0 bridgehead atoms. The van der Waals surface area contributed by atoms with Crippen LogP contribution in [0.25, 0.3) is 0 Å². The number of unbranched alkanes of at least 4 members (excludes halogenated alkanes) is 1. The van der Waals surface area contributed by atoms with Gasteiger partial charge in [-0.3, -0.25) is 4.99 Å². The Morgan fingerprint density at radius 1 is 1.04 bits per heavy atom. The van der Waals surface area contributed by atoms with Crippen LogP contribution in [0.3, 0.4) is 0 Å². The Kier molecular flexibility index (Phi) is 11.7. The molecule has 0 atom stereocenters. The number of benzene rings is 1. The van der Waals surface area contributed by atoms with Crippen molar-refractivity contribution in [2.45, 2.75) is 44.9 Å². The standard InChI is InChI=1S/C19H34N4O3S/c1-4-6-15-26-16-7-12-21-19(20-5-2)22-13-14-23-27(24,25)18-10-8-17(3)9-11-18/h8-11,23H,4-7,12-16H2,1-3H3,(H2,20,21,22). The van der Waals surface area contributed by atoms with Gasteiger partial charge in [0.15, 0.2) is 5.96 Å². The molecule has 154 valence electrons. The van der Waals surface area contributed by atoms with E-state index in [9.17, 15) is 8.42 Å². The van der Waals surface area contributed by atoms with Gasteiger partial charge in [-0.2, -0.15) is 0 Å². The molecular formula is C19H34N4O3S. The summed E-state index contributed by atoms with van der Waals surface area (Å²) in [7, 11) is -3.49. The Balaban J connectivity index is 2.33. The lowest BCUT2D eigenvalue weighted by atomic mass is 10.2. The summed E-state index contributed by atoms with van der Waals surface area (Å²) in [5.41, 5.74) is 1.03. The number of aryl methyl sites for hydroxylation is 1. The van der Waals surface area contributed by atoms with Crippen molar-refractivity contribution >= 4 is 16.0 Å². The molecule has 0 saturated heterocycles. The van der Waals surface area contributed by atoms with Gasteiger partial charge in [0, 0.05) is 39.4 Å². The van der Waals surface area contributed by atoms with E-state index in [2.05, 4.69) is 27.3 Å². The summed E-state index contributed by atoms with van der Waals surface area (Å²) < 4.78 is 32.6. The van der Waals surface area contributed by atoms with Crippen LogP contribution in [0, 0.1) is 6.92 Å². The molecule has 1 rings (SSSR count). The number of aliphatic imine (C=N–C) groups is 1. The minimum absolute atomic E-state index is 0.275. The highest BCUT2D eigenvalue weighted by Gasteiger charge is 2.12. The number of hydrogen-bond donors (Lipinski definition) is 3. The Hall–Kier alpha value is -1.64. The second-order valence-electron chi connectivity index (χ2n) is 6.22. The molecule has 0 unspecified atom stereocenters. The van der Waals surface area contributed by atoms with Crippen LogP contribution in [-0.4, -0.2) is 53.8 Å². The van der Waals surface area contributed by atoms with Gasteiger partial charge in [-0.1, -0.05) is 31.0 Å². The van der Waals surface area contributed by atoms with Gasteiger partial charge in [0.2, 0.25) is 10.0 Å². The highest BCUT2D eigenvalue weighted by atomic mass is 32.2. The van der Waals surface area contributed by atoms with E-state index < -0.39 is 10.0 Å². The maximum absolute atomic E-state index is 12.2. The number of nitrogens with one attached hydrogen (secondary N) is 3. The third kappa shape index (κ3) is 10.3. The van der Waals surface area contributed by atoms with Crippen LogP contribution in [0.4, 0.5) is 0 Å². The lowest BCUT2D eigenvalue weighted by molar-refractivity contribution is 0.130. The van der Waals surface area contributed by atoms with Gasteiger partial charge in [0.25, 0.3) is 0 Å². The lowest BCUT2D eigenvalue weighted by Crippen LogP contribution is -2.41. The molecule has 0 radical (unpaired) electrons. The van der Waals surface area contributed by atoms with Gasteiger partial charge >= 0.3 is 0 Å². The highest BCUT2D eigenvalue weighted by Crippen LogP contribution is 2.09. The number of nitrogens with zero attached hydrogens (tertiary/aromatic N) is 1. The normalized spacial score (nSPS) is 12.2. The molecule has 0 spiro atoms. The van der Waals surface area contributed by atoms with Crippen LogP contribution in [0.2, 0.25) is 0 Å². The summed E-state index contributed by atoms with van der Waals surface area (Å²) in [4.78, 5) is 4.75. The van der Waals surface area contributed by atoms with Crippen LogP contribution in [0.15, 0.2) is 34.2 Å². The molecule has 1 aromatic rings. The van der Waals surface area contributed by atoms with Crippen molar-refractivity contribution in [1.82, 2.24) is 15.4 Å². The molecule has 7 nitrogen and oxygen atoms in total. The first-order valence-electron chi connectivity index (χ1n) is 9.66. The lowest BCUT2D eigenvalue weighted by Gasteiger charge is -2.12. The molecule has 0 aliphatic carbocycles. The van der Waals surface area contributed by atoms with Crippen LogP contribution in [0.5, 0.6) is 0 Å². The average Bonchev–Trinajstić information content (AvgIpc) is 2.64. The second-order valence-corrected chi connectivity index (χ2v) is 7.98. The molecule has 1 aromatic carbocycles. The van der Waals surface area contributed by atoms with Crippen LogP contribution < -0.4 is 15.4 Å². The van der Waals surface area contributed by atoms with Gasteiger partial charge in [0.1, 0.15) is 0 Å². The Morgan fingerprint density at radius 2 is 1.74 bits per heavy atom. The van der Waals surface area contributed by atoms with E-state index in [0.717, 1.165) is 38.0 Å². The van der Waals surface area contributed by atoms with Gasteiger partial charge in [0.05, 0.1) is 4.90 Å². The highest BCUT2D eigenvalue weighted by molar-refractivity contribution is 7.89. The van der Waals surface area contributed by atoms with Crippen molar-refractivity contribution in [3.63, 3.8) is 0 Å². The minimum Gasteiger partial charge on any atom is -0.381 e. The molecule has 0 aromatic heterocycles. The number of sulfonamides is 1. The number of guanidine groups is 1. The SMILES string of the molecule is CCCCOCCCN=C(NCC)NCCNS(=O)(=O)c1ccc(C)cc1. The van der Waals surface area contributed by atoms with Crippen LogP contribution in [-0.2, 0) is 14.8 Å². The van der Waals surface area contributed by atoms with E-state index in [4.69, 9.17) is 4.74 Å². The molecule has 27 heavy (non-hydrogen) atoms. The molecule has 0 heterocycles. The maximum atomic E-state index is 12.2. The predicted octanol–water partition coefficient (Wildman–Crippen LogP) is 2.04. The zero-order valence-electron chi connectivity index (χ0n) is 16.8.